The van der Waals surface area contributed by atoms with Crippen molar-refractivity contribution >= 4 is 11.7 Å². The molecular weight excluding hydrogens is 257 g/mol. The molecule has 2 rings (SSSR count). The Kier molecular flexibility index (Phi) is 3.13. The number of carboxylic acid groups (broad SMARTS) is 1. The summed E-state index contributed by atoms with van der Waals surface area (Å²) in [5, 5.41) is 29.8. The third-order valence-corrected chi connectivity index (χ3v) is 3.64. The van der Waals surface area contributed by atoms with Crippen molar-refractivity contribution in [1.29, 1.82) is 0 Å². The number of carbonyl (C=O) groups is 1. The lowest BCUT2D eigenvalue weighted by Crippen LogP contribution is -2.32. The van der Waals surface area contributed by atoms with E-state index in [4.69, 9.17) is 0 Å². The fourth-order valence-corrected chi connectivity index (χ4v) is 2.65. The number of rotatable bonds is 3. The third-order valence-electron chi connectivity index (χ3n) is 3.64. The Morgan fingerprint density at radius 3 is 2.42 bits per heavy atom. The highest BCUT2D eigenvalue weighted by molar-refractivity contribution is 5.83. The molecule has 0 amide bonds. The molecule has 102 valence electrons. The minimum absolute atomic E-state index is 0.0781. The van der Waals surface area contributed by atoms with E-state index in [2.05, 4.69) is 0 Å². The van der Waals surface area contributed by atoms with E-state index >= 15 is 0 Å². The Bertz CT molecular complexity index is 551. The van der Waals surface area contributed by atoms with Crippen LogP contribution in [0.3, 0.4) is 0 Å². The van der Waals surface area contributed by atoms with Gasteiger partial charge in [0.05, 0.1) is 10.3 Å². The predicted octanol–water partition coefficient (Wildman–Crippen LogP) is 2.34. The maximum absolute atomic E-state index is 13.3. The topological polar surface area (TPSA) is 101 Å². The molecular formula is C12H12FNO5. The van der Waals surface area contributed by atoms with Gasteiger partial charge in [0, 0.05) is 17.7 Å². The van der Waals surface area contributed by atoms with Crippen LogP contribution >= 0.6 is 0 Å². The van der Waals surface area contributed by atoms with Crippen LogP contribution in [-0.2, 0) is 10.2 Å². The van der Waals surface area contributed by atoms with Gasteiger partial charge in [-0.05, 0) is 12.8 Å². The fraction of sp³-hybridized carbons (Fsp3) is 0.417. The predicted molar refractivity (Wildman–Crippen MR) is 62.5 cm³/mol. The van der Waals surface area contributed by atoms with Crippen LogP contribution in [0, 0.1) is 15.9 Å². The molecule has 0 aromatic heterocycles. The van der Waals surface area contributed by atoms with Gasteiger partial charge in [0.25, 0.3) is 0 Å². The van der Waals surface area contributed by atoms with E-state index in [1.54, 1.807) is 0 Å². The van der Waals surface area contributed by atoms with Crippen LogP contribution in [0.15, 0.2) is 12.1 Å². The molecule has 2 N–H and O–H groups in total. The minimum atomic E-state index is -1.36. The molecule has 0 aliphatic heterocycles. The van der Waals surface area contributed by atoms with Gasteiger partial charge >= 0.3 is 11.7 Å². The lowest BCUT2D eigenvalue weighted by molar-refractivity contribution is -0.387. The van der Waals surface area contributed by atoms with Gasteiger partial charge in [-0.3, -0.25) is 14.9 Å². The number of benzene rings is 1. The summed E-state index contributed by atoms with van der Waals surface area (Å²) >= 11 is 0. The Morgan fingerprint density at radius 2 is 1.95 bits per heavy atom. The molecule has 1 aliphatic rings. The van der Waals surface area contributed by atoms with Gasteiger partial charge in [-0.1, -0.05) is 12.8 Å². The first kappa shape index (κ1) is 13.3. The van der Waals surface area contributed by atoms with E-state index in [0.29, 0.717) is 18.9 Å². The fourth-order valence-electron chi connectivity index (χ4n) is 2.65. The summed E-state index contributed by atoms with van der Waals surface area (Å²) in [6.07, 6.45) is 1.85. The van der Waals surface area contributed by atoms with E-state index < -0.39 is 33.6 Å². The molecule has 19 heavy (non-hydrogen) atoms. The van der Waals surface area contributed by atoms with Gasteiger partial charge in [0.1, 0.15) is 5.75 Å². The number of aromatic hydroxyl groups is 1. The number of halogens is 1. The molecule has 1 fully saturated rings. The summed E-state index contributed by atoms with van der Waals surface area (Å²) in [5.41, 5.74) is -2.26. The minimum Gasteiger partial charge on any atom is -0.508 e. The highest BCUT2D eigenvalue weighted by Crippen LogP contribution is 2.46. The number of nitro groups is 1. The maximum Gasteiger partial charge on any atom is 0.314 e. The number of nitrogens with zero attached hydrogens (tertiary/aromatic N) is 1. The van der Waals surface area contributed by atoms with Crippen molar-refractivity contribution < 1.29 is 24.3 Å². The SMILES string of the molecule is O=C(O)C1(c2cc([N+](=O)[O-])c(F)cc2O)CCCC1. The standard InChI is InChI=1S/C12H12FNO5/c13-8-6-10(15)7(5-9(8)14(18)19)12(11(16)17)3-1-2-4-12/h5-6,15H,1-4H2,(H,16,17). The highest BCUT2D eigenvalue weighted by atomic mass is 19.1. The van der Waals surface area contributed by atoms with Gasteiger partial charge < -0.3 is 10.2 Å². The first-order valence-electron chi connectivity index (χ1n) is 5.79. The van der Waals surface area contributed by atoms with Crippen molar-refractivity contribution in [3.8, 4) is 5.75 Å². The molecule has 7 heteroatoms. The third kappa shape index (κ3) is 2.00. The number of hydrogen-bond acceptors (Lipinski definition) is 4. The molecule has 0 heterocycles. The van der Waals surface area contributed by atoms with Gasteiger partial charge in [0.2, 0.25) is 5.82 Å². The molecule has 0 atom stereocenters. The summed E-state index contributed by atoms with van der Waals surface area (Å²) < 4.78 is 13.3. The Balaban J connectivity index is 2.64. The zero-order chi connectivity index (χ0) is 14.2. The van der Waals surface area contributed by atoms with E-state index in [0.717, 1.165) is 6.07 Å². The first-order chi connectivity index (χ1) is 8.88. The van der Waals surface area contributed by atoms with Crippen LogP contribution in [0.5, 0.6) is 5.75 Å². The van der Waals surface area contributed by atoms with E-state index in [9.17, 15) is 29.5 Å². The lowest BCUT2D eigenvalue weighted by Gasteiger charge is -2.24. The molecule has 0 unspecified atom stereocenters. The molecule has 0 bridgehead atoms. The number of phenols is 1. The number of phenolic OH excluding ortho intramolecular Hbond substituents is 1. The highest BCUT2D eigenvalue weighted by Gasteiger charge is 2.45. The molecule has 1 aromatic rings. The molecule has 6 nitrogen and oxygen atoms in total. The molecule has 0 saturated heterocycles. The Labute approximate surface area is 107 Å². The second kappa shape index (κ2) is 4.49. The Hall–Kier alpha value is -2.18. The quantitative estimate of drug-likeness (QED) is 0.647. The van der Waals surface area contributed by atoms with Crippen LogP contribution < -0.4 is 0 Å². The van der Waals surface area contributed by atoms with Gasteiger partial charge in [-0.15, -0.1) is 0 Å². The maximum atomic E-state index is 13.3. The van der Waals surface area contributed by atoms with Crippen LogP contribution in [0.1, 0.15) is 31.2 Å². The van der Waals surface area contributed by atoms with Crippen molar-refractivity contribution in [3.63, 3.8) is 0 Å². The van der Waals surface area contributed by atoms with Crippen molar-refractivity contribution in [2.24, 2.45) is 0 Å². The van der Waals surface area contributed by atoms with E-state index in [1.807, 2.05) is 0 Å². The van der Waals surface area contributed by atoms with Crippen molar-refractivity contribution in [2.75, 3.05) is 0 Å². The number of hydrogen-bond donors (Lipinski definition) is 2. The van der Waals surface area contributed by atoms with Gasteiger partial charge in [-0.2, -0.15) is 4.39 Å². The number of aliphatic carboxylic acids is 1. The molecule has 0 spiro atoms. The molecule has 1 aliphatic carbocycles. The van der Waals surface area contributed by atoms with Crippen LogP contribution in [0.2, 0.25) is 0 Å². The second-order valence-corrected chi connectivity index (χ2v) is 4.67. The zero-order valence-electron chi connectivity index (χ0n) is 9.93. The van der Waals surface area contributed by atoms with Gasteiger partial charge in [-0.25, -0.2) is 0 Å². The summed E-state index contributed by atoms with van der Waals surface area (Å²) in [5.74, 6) is -2.88. The largest absolute Gasteiger partial charge is 0.508 e. The summed E-state index contributed by atoms with van der Waals surface area (Å²) in [7, 11) is 0. The van der Waals surface area contributed by atoms with Gasteiger partial charge in [0.15, 0.2) is 0 Å². The zero-order valence-corrected chi connectivity index (χ0v) is 9.93. The molecule has 1 saturated carbocycles. The summed E-state index contributed by atoms with van der Waals surface area (Å²) in [6.45, 7) is 0. The Morgan fingerprint density at radius 1 is 1.37 bits per heavy atom. The van der Waals surface area contributed by atoms with Crippen LogP contribution in [-0.4, -0.2) is 21.1 Å². The summed E-state index contributed by atoms with van der Waals surface area (Å²) in [6, 6.07) is 1.45. The van der Waals surface area contributed by atoms with Crippen LogP contribution in [0.25, 0.3) is 0 Å². The van der Waals surface area contributed by atoms with Crippen molar-refractivity contribution in [2.45, 2.75) is 31.1 Å². The normalized spacial score (nSPS) is 17.3. The number of nitro benzene ring substituents is 1. The molecule has 0 radical (unpaired) electrons. The van der Waals surface area contributed by atoms with Crippen molar-refractivity contribution in [3.05, 3.63) is 33.6 Å². The smallest absolute Gasteiger partial charge is 0.314 e. The number of carboxylic acids is 1. The average molecular weight is 269 g/mol. The average Bonchev–Trinajstić information content (AvgIpc) is 2.78. The lowest BCUT2D eigenvalue weighted by atomic mass is 9.78. The summed E-state index contributed by atoms with van der Waals surface area (Å²) in [4.78, 5) is 21.3. The van der Waals surface area contributed by atoms with E-state index in [-0.39, 0.29) is 18.4 Å². The monoisotopic (exact) mass is 269 g/mol. The van der Waals surface area contributed by atoms with E-state index in [1.165, 1.54) is 0 Å². The van der Waals surface area contributed by atoms with Crippen molar-refractivity contribution in [1.82, 2.24) is 0 Å². The first-order valence-corrected chi connectivity index (χ1v) is 5.79. The second-order valence-electron chi connectivity index (χ2n) is 4.67. The molecule has 1 aromatic carbocycles. The van der Waals surface area contributed by atoms with Crippen LogP contribution in [0.4, 0.5) is 10.1 Å².